The molecule has 25 heavy (non-hydrogen) atoms. The maximum atomic E-state index is 5.99. The van der Waals surface area contributed by atoms with Gasteiger partial charge in [-0.15, -0.1) is 0 Å². The van der Waals surface area contributed by atoms with Crippen molar-refractivity contribution in [3.8, 4) is 5.75 Å². The minimum Gasteiger partial charge on any atom is -0.490 e. The first-order valence-electron chi connectivity index (χ1n) is 9.01. The quantitative estimate of drug-likeness (QED) is 0.708. The Bertz CT molecular complexity index is 691. The van der Waals surface area contributed by atoms with Crippen molar-refractivity contribution in [3.05, 3.63) is 59.7 Å². The summed E-state index contributed by atoms with van der Waals surface area (Å²) >= 11 is 5.43. The highest BCUT2D eigenvalue weighted by molar-refractivity contribution is 7.80. The summed E-state index contributed by atoms with van der Waals surface area (Å²) in [7, 11) is 0. The zero-order valence-corrected chi connectivity index (χ0v) is 15.7. The van der Waals surface area contributed by atoms with Crippen LogP contribution in [0.2, 0.25) is 0 Å². The smallest absolute Gasteiger partial charge is 0.171 e. The number of nitrogens with one attached hydrogen (secondary N) is 2. The van der Waals surface area contributed by atoms with Crippen LogP contribution in [0.4, 0.5) is 5.69 Å². The molecule has 2 aromatic rings. The van der Waals surface area contributed by atoms with Crippen molar-refractivity contribution in [1.29, 1.82) is 0 Å². The third-order valence-electron chi connectivity index (χ3n) is 4.64. The van der Waals surface area contributed by atoms with Gasteiger partial charge >= 0.3 is 0 Å². The summed E-state index contributed by atoms with van der Waals surface area (Å²) in [6.07, 6.45) is 5.29. The zero-order chi connectivity index (χ0) is 17.6. The monoisotopic (exact) mass is 354 g/mol. The maximum absolute atomic E-state index is 5.99. The van der Waals surface area contributed by atoms with Gasteiger partial charge in [-0.25, -0.2) is 0 Å². The molecule has 2 aromatic carbocycles. The van der Waals surface area contributed by atoms with Gasteiger partial charge in [0.15, 0.2) is 5.11 Å². The number of benzene rings is 2. The van der Waals surface area contributed by atoms with E-state index in [0.717, 1.165) is 11.4 Å². The Kier molecular flexibility index (Phi) is 5.92. The molecular weight excluding hydrogens is 328 g/mol. The predicted octanol–water partition coefficient (Wildman–Crippen LogP) is 5.36. The Morgan fingerprint density at radius 1 is 1.04 bits per heavy atom. The lowest BCUT2D eigenvalue weighted by atomic mass is 10.1. The molecule has 1 atom stereocenters. The number of aryl methyl sites for hydroxylation is 1. The third-order valence-corrected chi connectivity index (χ3v) is 4.86. The van der Waals surface area contributed by atoms with E-state index in [0.29, 0.717) is 11.2 Å². The van der Waals surface area contributed by atoms with Crippen LogP contribution in [0.3, 0.4) is 0 Å². The molecule has 0 spiro atoms. The topological polar surface area (TPSA) is 33.3 Å². The van der Waals surface area contributed by atoms with Gasteiger partial charge < -0.3 is 15.4 Å². The normalized spacial score (nSPS) is 15.6. The van der Waals surface area contributed by atoms with Gasteiger partial charge in [0, 0.05) is 5.69 Å². The summed E-state index contributed by atoms with van der Waals surface area (Å²) in [4.78, 5) is 0. The summed E-state index contributed by atoms with van der Waals surface area (Å²) < 4.78 is 5.99. The molecule has 0 amide bonds. The Balaban J connectivity index is 1.50. The van der Waals surface area contributed by atoms with Crippen LogP contribution in [-0.2, 0) is 0 Å². The largest absolute Gasteiger partial charge is 0.490 e. The fraction of sp³-hybridized carbons (Fsp3) is 0.381. The average Bonchev–Trinajstić information content (AvgIpc) is 3.10. The fourth-order valence-corrected chi connectivity index (χ4v) is 3.41. The second-order valence-electron chi connectivity index (χ2n) is 6.78. The first kappa shape index (κ1) is 17.7. The van der Waals surface area contributed by atoms with Crippen LogP contribution in [0.5, 0.6) is 5.75 Å². The Morgan fingerprint density at radius 3 is 2.32 bits per heavy atom. The number of rotatable bonds is 5. The number of thiocarbonyl (C=S) groups is 1. The van der Waals surface area contributed by atoms with Crippen LogP contribution in [-0.4, -0.2) is 11.2 Å². The summed E-state index contributed by atoms with van der Waals surface area (Å²) in [5, 5.41) is 7.19. The van der Waals surface area contributed by atoms with Gasteiger partial charge in [-0.1, -0.05) is 29.8 Å². The molecule has 3 rings (SSSR count). The van der Waals surface area contributed by atoms with E-state index >= 15 is 0 Å². The van der Waals surface area contributed by atoms with E-state index in [1.54, 1.807) is 0 Å². The lowest BCUT2D eigenvalue weighted by molar-refractivity contribution is 0.210. The molecule has 1 aliphatic carbocycles. The number of hydrogen-bond acceptors (Lipinski definition) is 2. The lowest BCUT2D eigenvalue weighted by Gasteiger charge is -2.18. The number of ether oxygens (including phenoxy) is 1. The highest BCUT2D eigenvalue weighted by Gasteiger charge is 2.16. The van der Waals surface area contributed by atoms with Crippen LogP contribution < -0.4 is 15.4 Å². The highest BCUT2D eigenvalue weighted by atomic mass is 32.1. The van der Waals surface area contributed by atoms with Gasteiger partial charge in [-0.2, -0.15) is 0 Å². The molecule has 1 saturated carbocycles. The van der Waals surface area contributed by atoms with Gasteiger partial charge in [-0.05, 0) is 81.6 Å². The van der Waals surface area contributed by atoms with Crippen molar-refractivity contribution < 1.29 is 4.74 Å². The lowest BCUT2D eigenvalue weighted by Crippen LogP contribution is -2.30. The van der Waals surface area contributed by atoms with E-state index in [4.69, 9.17) is 17.0 Å². The third kappa shape index (κ3) is 5.20. The van der Waals surface area contributed by atoms with Crippen molar-refractivity contribution in [2.75, 3.05) is 5.32 Å². The van der Waals surface area contributed by atoms with Crippen molar-refractivity contribution in [2.45, 2.75) is 51.7 Å². The van der Waals surface area contributed by atoms with Crippen LogP contribution in [0.25, 0.3) is 0 Å². The van der Waals surface area contributed by atoms with E-state index in [1.165, 1.54) is 36.8 Å². The molecule has 3 nitrogen and oxygen atoms in total. The summed E-state index contributed by atoms with van der Waals surface area (Å²) in [5.41, 5.74) is 3.44. The predicted molar refractivity (Wildman–Crippen MR) is 108 cm³/mol. The Hall–Kier alpha value is -2.07. The Morgan fingerprint density at radius 2 is 1.68 bits per heavy atom. The fourth-order valence-electron chi connectivity index (χ4n) is 3.12. The minimum absolute atomic E-state index is 0.158. The second kappa shape index (κ2) is 8.34. The molecule has 2 N–H and O–H groups in total. The molecule has 132 valence electrons. The molecule has 4 heteroatoms. The average molecular weight is 355 g/mol. The summed E-state index contributed by atoms with van der Waals surface area (Å²) in [5.74, 6) is 0.935. The molecule has 0 aromatic heterocycles. The van der Waals surface area contributed by atoms with Crippen molar-refractivity contribution in [3.63, 3.8) is 0 Å². The number of anilines is 1. The summed E-state index contributed by atoms with van der Waals surface area (Å²) in [6.45, 7) is 4.20. The van der Waals surface area contributed by atoms with Gasteiger partial charge in [0.25, 0.3) is 0 Å². The van der Waals surface area contributed by atoms with Gasteiger partial charge in [0.2, 0.25) is 0 Å². The van der Waals surface area contributed by atoms with E-state index in [9.17, 15) is 0 Å². The molecule has 0 aliphatic heterocycles. The molecule has 0 saturated heterocycles. The van der Waals surface area contributed by atoms with Gasteiger partial charge in [-0.3, -0.25) is 0 Å². The minimum atomic E-state index is 0.158. The standard InChI is InChI=1S/C21H26N2OS/c1-15-7-9-17(10-8-15)16(2)22-21(25)23-18-11-13-20(14-12-18)24-19-5-3-4-6-19/h7-14,16,19H,3-6H2,1-2H3,(H2,22,23,25)/t16-/m1/s1. The zero-order valence-electron chi connectivity index (χ0n) is 14.9. The van der Waals surface area contributed by atoms with Crippen LogP contribution >= 0.6 is 12.2 Å². The van der Waals surface area contributed by atoms with Crippen molar-refractivity contribution in [2.24, 2.45) is 0 Å². The van der Waals surface area contributed by atoms with Gasteiger partial charge in [0.05, 0.1) is 12.1 Å². The van der Waals surface area contributed by atoms with Crippen molar-refractivity contribution in [1.82, 2.24) is 5.32 Å². The summed E-state index contributed by atoms with van der Waals surface area (Å²) in [6, 6.07) is 16.7. The van der Waals surface area contributed by atoms with E-state index < -0.39 is 0 Å². The molecule has 0 unspecified atom stereocenters. The van der Waals surface area contributed by atoms with Gasteiger partial charge in [0.1, 0.15) is 5.75 Å². The highest BCUT2D eigenvalue weighted by Crippen LogP contribution is 2.25. The maximum Gasteiger partial charge on any atom is 0.171 e. The van der Waals surface area contributed by atoms with E-state index in [2.05, 4.69) is 48.7 Å². The molecule has 0 bridgehead atoms. The van der Waals surface area contributed by atoms with E-state index in [1.807, 2.05) is 24.3 Å². The van der Waals surface area contributed by atoms with E-state index in [-0.39, 0.29) is 6.04 Å². The molecule has 0 heterocycles. The first-order valence-corrected chi connectivity index (χ1v) is 9.42. The number of hydrogen-bond donors (Lipinski definition) is 2. The molecule has 1 fully saturated rings. The first-order chi connectivity index (χ1) is 12.1. The molecule has 1 aliphatic rings. The SMILES string of the molecule is Cc1ccc([C@@H](C)NC(=S)Nc2ccc(OC3CCCC3)cc2)cc1. The van der Waals surface area contributed by atoms with Crippen LogP contribution in [0.1, 0.15) is 49.8 Å². The van der Waals surface area contributed by atoms with Crippen LogP contribution in [0.15, 0.2) is 48.5 Å². The second-order valence-corrected chi connectivity index (χ2v) is 7.19. The molecule has 0 radical (unpaired) electrons. The Labute approximate surface area is 155 Å². The van der Waals surface area contributed by atoms with Crippen molar-refractivity contribution >= 4 is 23.0 Å². The van der Waals surface area contributed by atoms with Crippen LogP contribution in [0, 0.1) is 6.92 Å². The molecular formula is C21H26N2OS.